The molecular weight excluding hydrogens is 354 g/mol. The van der Waals surface area contributed by atoms with Gasteiger partial charge in [-0.25, -0.2) is 8.42 Å². The summed E-state index contributed by atoms with van der Waals surface area (Å²) < 4.78 is 32.1. The van der Waals surface area contributed by atoms with Crippen LogP contribution in [-0.2, 0) is 14.8 Å². The second-order valence-corrected chi connectivity index (χ2v) is 9.64. The summed E-state index contributed by atoms with van der Waals surface area (Å²) in [6.07, 6.45) is 0. The Kier molecular flexibility index (Phi) is 6.31. The van der Waals surface area contributed by atoms with Crippen molar-refractivity contribution in [2.75, 3.05) is 33.3 Å². The molecule has 1 amide bonds. The zero-order chi connectivity index (χ0) is 19.5. The topological polar surface area (TPSA) is 80.2 Å². The van der Waals surface area contributed by atoms with Gasteiger partial charge in [0, 0.05) is 5.54 Å². The molecule has 0 unspecified atom stereocenters. The number of benzene rings is 1. The third kappa shape index (κ3) is 4.96. The van der Waals surface area contributed by atoms with Crippen LogP contribution in [0.3, 0.4) is 0 Å². The SMILES string of the molecule is COc1ccc(S(=O)(=O)N2CC[NH+]([C@@H](C)C(=O)NC(C)(C)C)CC2)cc1. The molecule has 1 aromatic carbocycles. The summed E-state index contributed by atoms with van der Waals surface area (Å²) in [5, 5.41) is 2.99. The van der Waals surface area contributed by atoms with Crippen LogP contribution >= 0.6 is 0 Å². The normalized spacial score (nSPS) is 18.3. The third-order valence-electron chi connectivity index (χ3n) is 4.57. The van der Waals surface area contributed by atoms with Crippen molar-refractivity contribution in [3.63, 3.8) is 0 Å². The highest BCUT2D eigenvalue weighted by Gasteiger charge is 2.35. The molecule has 1 saturated heterocycles. The first-order chi connectivity index (χ1) is 12.0. The van der Waals surface area contributed by atoms with Gasteiger partial charge in [0.1, 0.15) is 5.75 Å². The molecule has 2 rings (SSSR count). The molecule has 1 aliphatic rings. The van der Waals surface area contributed by atoms with Crippen LogP contribution in [0.25, 0.3) is 0 Å². The van der Waals surface area contributed by atoms with Gasteiger partial charge in [0.15, 0.2) is 6.04 Å². The number of carbonyl (C=O) groups is 1. The number of rotatable bonds is 5. The van der Waals surface area contributed by atoms with Crippen LogP contribution in [-0.4, -0.2) is 63.5 Å². The van der Waals surface area contributed by atoms with Gasteiger partial charge in [-0.15, -0.1) is 0 Å². The van der Waals surface area contributed by atoms with Crippen LogP contribution in [0.15, 0.2) is 29.2 Å². The van der Waals surface area contributed by atoms with Gasteiger partial charge in [-0.1, -0.05) is 0 Å². The summed E-state index contributed by atoms with van der Waals surface area (Å²) in [6.45, 7) is 9.75. The van der Waals surface area contributed by atoms with Gasteiger partial charge in [0.05, 0.1) is 38.2 Å². The summed E-state index contributed by atoms with van der Waals surface area (Å²) in [7, 11) is -1.98. The zero-order valence-corrected chi connectivity index (χ0v) is 17.0. The van der Waals surface area contributed by atoms with Gasteiger partial charge in [-0.2, -0.15) is 4.31 Å². The average molecular weight is 385 g/mol. The number of hydrogen-bond acceptors (Lipinski definition) is 4. The van der Waals surface area contributed by atoms with Gasteiger partial charge in [0.25, 0.3) is 5.91 Å². The van der Waals surface area contributed by atoms with E-state index < -0.39 is 10.0 Å². The quantitative estimate of drug-likeness (QED) is 0.742. The maximum absolute atomic E-state index is 12.8. The molecule has 1 heterocycles. The van der Waals surface area contributed by atoms with E-state index in [0.29, 0.717) is 31.9 Å². The van der Waals surface area contributed by atoms with Crippen LogP contribution in [0.2, 0.25) is 0 Å². The fourth-order valence-electron chi connectivity index (χ4n) is 3.01. The van der Waals surface area contributed by atoms with E-state index >= 15 is 0 Å². The highest BCUT2D eigenvalue weighted by atomic mass is 32.2. The lowest BCUT2D eigenvalue weighted by molar-refractivity contribution is -0.917. The first-order valence-electron chi connectivity index (χ1n) is 8.85. The smallest absolute Gasteiger partial charge is 0.278 e. The van der Waals surface area contributed by atoms with E-state index in [0.717, 1.165) is 4.90 Å². The summed E-state index contributed by atoms with van der Waals surface area (Å²) in [5.74, 6) is 0.621. The fourth-order valence-corrected chi connectivity index (χ4v) is 4.45. The summed E-state index contributed by atoms with van der Waals surface area (Å²) in [5.41, 5.74) is -0.274. The van der Waals surface area contributed by atoms with Gasteiger partial charge < -0.3 is 15.0 Å². The molecule has 26 heavy (non-hydrogen) atoms. The first-order valence-corrected chi connectivity index (χ1v) is 10.3. The number of methoxy groups -OCH3 is 1. The number of nitrogens with zero attached hydrogens (tertiary/aromatic N) is 1. The molecule has 0 spiro atoms. The van der Waals surface area contributed by atoms with Crippen molar-refractivity contribution in [1.82, 2.24) is 9.62 Å². The summed E-state index contributed by atoms with van der Waals surface area (Å²) in [6, 6.07) is 6.21. The fraction of sp³-hybridized carbons (Fsp3) is 0.611. The Morgan fingerprint density at radius 1 is 1.19 bits per heavy atom. The number of sulfonamides is 1. The van der Waals surface area contributed by atoms with E-state index in [9.17, 15) is 13.2 Å². The minimum atomic E-state index is -3.52. The number of carbonyl (C=O) groups excluding carboxylic acids is 1. The Bertz CT molecular complexity index is 718. The molecule has 2 N–H and O–H groups in total. The molecule has 8 heteroatoms. The molecule has 146 valence electrons. The van der Waals surface area contributed by atoms with Crippen molar-refractivity contribution in [3.8, 4) is 5.75 Å². The molecular formula is C18H30N3O4S+. The summed E-state index contributed by atoms with van der Waals surface area (Å²) in [4.78, 5) is 13.7. The molecule has 0 saturated carbocycles. The standard InChI is InChI=1S/C18H29N3O4S/c1-14(17(22)19-18(2,3)4)20-10-12-21(13-11-20)26(23,24)16-8-6-15(25-5)7-9-16/h6-9,14H,10-13H2,1-5H3,(H,19,22)/p+1/t14-/m0/s1. The molecule has 1 aromatic rings. The Labute approximate surface area is 156 Å². The van der Waals surface area contributed by atoms with E-state index in [1.165, 1.54) is 4.31 Å². The number of piperazine rings is 1. The largest absolute Gasteiger partial charge is 0.497 e. The van der Waals surface area contributed by atoms with Gasteiger partial charge in [-0.05, 0) is 52.0 Å². The van der Waals surface area contributed by atoms with Crippen molar-refractivity contribution in [3.05, 3.63) is 24.3 Å². The lowest BCUT2D eigenvalue weighted by Gasteiger charge is -2.35. The van der Waals surface area contributed by atoms with E-state index in [2.05, 4.69) is 5.32 Å². The lowest BCUT2D eigenvalue weighted by Crippen LogP contribution is -3.19. The van der Waals surface area contributed by atoms with Crippen molar-refractivity contribution in [2.45, 2.75) is 44.2 Å². The van der Waals surface area contributed by atoms with Gasteiger partial charge >= 0.3 is 0 Å². The minimum absolute atomic E-state index is 0.000962. The highest BCUT2D eigenvalue weighted by Crippen LogP contribution is 2.19. The Morgan fingerprint density at radius 2 is 1.73 bits per heavy atom. The number of nitrogens with one attached hydrogen (secondary N) is 2. The number of quaternary nitrogens is 1. The second kappa shape index (κ2) is 7.94. The number of ether oxygens (including phenoxy) is 1. The van der Waals surface area contributed by atoms with Crippen molar-refractivity contribution in [2.24, 2.45) is 0 Å². The molecule has 1 atom stereocenters. The maximum atomic E-state index is 12.8. The molecule has 1 aliphatic heterocycles. The van der Waals surface area contributed by atoms with Crippen LogP contribution in [0.1, 0.15) is 27.7 Å². The van der Waals surface area contributed by atoms with Crippen molar-refractivity contribution < 1.29 is 22.8 Å². The van der Waals surface area contributed by atoms with E-state index in [-0.39, 0.29) is 22.4 Å². The number of hydrogen-bond donors (Lipinski definition) is 2. The van der Waals surface area contributed by atoms with E-state index in [1.807, 2.05) is 27.7 Å². The van der Waals surface area contributed by atoms with Gasteiger partial charge in [-0.3, -0.25) is 4.79 Å². The van der Waals surface area contributed by atoms with E-state index in [1.54, 1.807) is 31.4 Å². The van der Waals surface area contributed by atoms with Crippen LogP contribution in [0, 0.1) is 0 Å². The van der Waals surface area contributed by atoms with Crippen LogP contribution in [0.4, 0.5) is 0 Å². The number of amides is 1. The van der Waals surface area contributed by atoms with Crippen molar-refractivity contribution in [1.29, 1.82) is 0 Å². The lowest BCUT2D eigenvalue weighted by atomic mass is 10.1. The summed E-state index contributed by atoms with van der Waals surface area (Å²) >= 11 is 0. The first kappa shape index (κ1) is 20.7. The molecule has 0 aromatic heterocycles. The predicted molar refractivity (Wildman–Crippen MR) is 99.8 cm³/mol. The van der Waals surface area contributed by atoms with Crippen LogP contribution in [0.5, 0.6) is 5.75 Å². The van der Waals surface area contributed by atoms with E-state index in [4.69, 9.17) is 4.74 Å². The molecule has 7 nitrogen and oxygen atoms in total. The zero-order valence-electron chi connectivity index (χ0n) is 16.2. The van der Waals surface area contributed by atoms with Gasteiger partial charge in [0.2, 0.25) is 10.0 Å². The molecule has 1 fully saturated rings. The molecule has 0 bridgehead atoms. The Balaban J connectivity index is 1.99. The second-order valence-electron chi connectivity index (χ2n) is 7.70. The molecule has 0 aliphatic carbocycles. The van der Waals surface area contributed by atoms with Crippen molar-refractivity contribution >= 4 is 15.9 Å². The highest BCUT2D eigenvalue weighted by molar-refractivity contribution is 7.89. The maximum Gasteiger partial charge on any atom is 0.278 e. The monoisotopic (exact) mass is 384 g/mol. The minimum Gasteiger partial charge on any atom is -0.497 e. The van der Waals surface area contributed by atoms with Crippen LogP contribution < -0.4 is 15.0 Å². The third-order valence-corrected chi connectivity index (χ3v) is 6.48. The predicted octanol–water partition coefficient (Wildman–Crippen LogP) is -0.112. The Hall–Kier alpha value is -1.64. The Morgan fingerprint density at radius 3 is 2.19 bits per heavy atom. The average Bonchev–Trinajstić information content (AvgIpc) is 2.59. The molecule has 0 radical (unpaired) electrons.